The number of carbonyl (C=O) groups is 1. The second kappa shape index (κ2) is 6.74. The molecule has 0 amide bonds. The van der Waals surface area contributed by atoms with Crippen molar-refractivity contribution >= 4 is 16.7 Å². The average molecular weight is 285 g/mol. The van der Waals surface area contributed by atoms with Crippen molar-refractivity contribution in [1.82, 2.24) is 0 Å². The second-order valence-electron chi connectivity index (χ2n) is 4.63. The fraction of sp³-hybridized carbons (Fsp3) is 0.267. The molecule has 0 spiro atoms. The summed E-state index contributed by atoms with van der Waals surface area (Å²) in [5.74, 6) is -0.812. The summed E-state index contributed by atoms with van der Waals surface area (Å²) in [5.41, 5.74) is 9.45. The maximum atomic E-state index is 11.4. The third-order valence-corrected chi connectivity index (χ3v) is 3.27. The highest BCUT2D eigenvalue weighted by molar-refractivity contribution is 5.83. The lowest BCUT2D eigenvalue weighted by Gasteiger charge is -2.16. The van der Waals surface area contributed by atoms with E-state index in [0.717, 1.165) is 16.3 Å². The predicted molar refractivity (Wildman–Crippen MR) is 78.6 cm³/mol. The van der Waals surface area contributed by atoms with Crippen LogP contribution in [0.4, 0.5) is 0 Å². The van der Waals surface area contributed by atoms with Crippen molar-refractivity contribution in [2.75, 3.05) is 7.11 Å². The Balaban J connectivity index is 2.26. The van der Waals surface area contributed by atoms with Crippen LogP contribution in [0.5, 0.6) is 0 Å². The van der Waals surface area contributed by atoms with E-state index in [1.807, 2.05) is 42.5 Å². The van der Waals surface area contributed by atoms with E-state index in [9.17, 15) is 9.90 Å². The Morgan fingerprint density at radius 1 is 1.33 bits per heavy atom. The zero-order valence-corrected chi connectivity index (χ0v) is 11.5. The summed E-state index contributed by atoms with van der Waals surface area (Å²) in [6.07, 6.45) is -1.22. The number of nitrogens with zero attached hydrogens (tertiary/aromatic N) is 3. The molecule has 0 aromatic heterocycles. The van der Waals surface area contributed by atoms with Gasteiger partial charge in [0.25, 0.3) is 0 Å². The number of aliphatic hydroxyl groups excluding tert-OH is 1. The zero-order chi connectivity index (χ0) is 15.2. The van der Waals surface area contributed by atoms with Gasteiger partial charge in [-0.2, -0.15) is 0 Å². The Kier molecular flexibility index (Phi) is 4.77. The summed E-state index contributed by atoms with van der Waals surface area (Å²) in [6, 6.07) is 12.7. The van der Waals surface area contributed by atoms with E-state index in [2.05, 4.69) is 14.8 Å². The Morgan fingerprint density at radius 3 is 2.71 bits per heavy atom. The molecule has 0 aliphatic carbocycles. The van der Waals surface area contributed by atoms with E-state index in [4.69, 9.17) is 5.53 Å². The Labute approximate surface area is 121 Å². The molecule has 21 heavy (non-hydrogen) atoms. The van der Waals surface area contributed by atoms with Crippen LogP contribution >= 0.6 is 0 Å². The molecular weight excluding hydrogens is 270 g/mol. The molecule has 2 aromatic rings. The number of fused-ring (bicyclic) bond motifs is 1. The molecule has 108 valence electrons. The second-order valence-corrected chi connectivity index (χ2v) is 4.63. The first-order valence-electron chi connectivity index (χ1n) is 6.43. The number of benzene rings is 2. The third-order valence-electron chi connectivity index (χ3n) is 3.27. The number of rotatable bonds is 5. The van der Waals surface area contributed by atoms with Gasteiger partial charge < -0.3 is 9.84 Å². The minimum absolute atomic E-state index is 0.255. The van der Waals surface area contributed by atoms with Gasteiger partial charge in [0.15, 0.2) is 6.10 Å². The van der Waals surface area contributed by atoms with Crippen LogP contribution in [0.2, 0.25) is 0 Å². The van der Waals surface area contributed by atoms with Crippen molar-refractivity contribution in [3.63, 3.8) is 0 Å². The lowest BCUT2D eigenvalue weighted by Crippen LogP contribution is -2.34. The molecule has 0 saturated heterocycles. The predicted octanol–water partition coefficient (Wildman–Crippen LogP) is 2.60. The number of azide groups is 1. The molecule has 0 radical (unpaired) electrons. The van der Waals surface area contributed by atoms with Crippen LogP contribution in [-0.4, -0.2) is 30.3 Å². The number of esters is 1. The van der Waals surface area contributed by atoms with E-state index in [-0.39, 0.29) is 6.42 Å². The fourth-order valence-corrected chi connectivity index (χ4v) is 2.17. The van der Waals surface area contributed by atoms with E-state index in [1.165, 1.54) is 7.11 Å². The molecule has 0 aliphatic rings. The maximum Gasteiger partial charge on any atom is 0.335 e. The van der Waals surface area contributed by atoms with Gasteiger partial charge >= 0.3 is 5.97 Å². The Hall–Kier alpha value is -2.56. The van der Waals surface area contributed by atoms with E-state index >= 15 is 0 Å². The number of carbonyl (C=O) groups excluding carboxylic acids is 1. The van der Waals surface area contributed by atoms with Crippen molar-refractivity contribution in [3.8, 4) is 0 Å². The quantitative estimate of drug-likeness (QED) is 0.396. The topological polar surface area (TPSA) is 95.3 Å². The zero-order valence-electron chi connectivity index (χ0n) is 11.5. The van der Waals surface area contributed by atoms with Gasteiger partial charge in [0, 0.05) is 4.91 Å². The minimum Gasteiger partial charge on any atom is -0.467 e. The van der Waals surface area contributed by atoms with Crippen LogP contribution in [0, 0.1) is 0 Å². The fourth-order valence-electron chi connectivity index (χ4n) is 2.17. The highest BCUT2D eigenvalue weighted by Crippen LogP contribution is 2.18. The van der Waals surface area contributed by atoms with E-state index < -0.39 is 18.1 Å². The summed E-state index contributed by atoms with van der Waals surface area (Å²) in [4.78, 5) is 14.1. The molecule has 0 saturated carbocycles. The van der Waals surface area contributed by atoms with Crippen molar-refractivity contribution in [2.45, 2.75) is 18.6 Å². The molecule has 1 N–H and O–H groups in total. The Bertz CT molecular complexity index is 695. The molecule has 2 rings (SSSR count). The van der Waals surface area contributed by atoms with Gasteiger partial charge in [0.05, 0.1) is 13.2 Å². The van der Waals surface area contributed by atoms with Gasteiger partial charge in [-0.1, -0.05) is 47.6 Å². The molecule has 0 heterocycles. The Morgan fingerprint density at radius 2 is 2.05 bits per heavy atom. The molecular formula is C15H15N3O3. The summed E-state index contributed by atoms with van der Waals surface area (Å²) in [7, 11) is 1.18. The number of methoxy groups -OCH3 is 1. The smallest absolute Gasteiger partial charge is 0.335 e. The molecule has 6 heteroatoms. The molecule has 2 atom stereocenters. The monoisotopic (exact) mass is 285 g/mol. The van der Waals surface area contributed by atoms with Gasteiger partial charge in [-0.05, 0) is 28.3 Å². The minimum atomic E-state index is -1.47. The first-order valence-corrected chi connectivity index (χ1v) is 6.43. The van der Waals surface area contributed by atoms with Crippen molar-refractivity contribution in [3.05, 3.63) is 58.5 Å². The van der Waals surface area contributed by atoms with Gasteiger partial charge in [0.1, 0.15) is 0 Å². The summed E-state index contributed by atoms with van der Waals surface area (Å²) in [6.45, 7) is 0. The number of aliphatic hydroxyl groups is 1. The van der Waals surface area contributed by atoms with Gasteiger partial charge in [0.2, 0.25) is 0 Å². The first kappa shape index (κ1) is 14.8. The number of ether oxygens (including phenoxy) is 1. The molecule has 1 unspecified atom stereocenters. The van der Waals surface area contributed by atoms with E-state index in [1.54, 1.807) is 0 Å². The lowest BCUT2D eigenvalue weighted by atomic mass is 9.99. The largest absolute Gasteiger partial charge is 0.467 e. The highest BCUT2D eigenvalue weighted by atomic mass is 16.5. The molecule has 0 fully saturated rings. The van der Waals surface area contributed by atoms with Crippen LogP contribution in [-0.2, 0) is 16.0 Å². The average Bonchev–Trinajstić information content (AvgIpc) is 2.53. The summed E-state index contributed by atoms with van der Waals surface area (Å²) in [5, 5.41) is 15.5. The molecule has 6 nitrogen and oxygen atoms in total. The van der Waals surface area contributed by atoms with Crippen LogP contribution in [0.25, 0.3) is 21.2 Å². The molecule has 0 bridgehead atoms. The van der Waals surface area contributed by atoms with Crippen molar-refractivity contribution < 1.29 is 14.6 Å². The normalized spacial score (nSPS) is 13.2. The first-order chi connectivity index (χ1) is 10.2. The van der Waals surface area contributed by atoms with Crippen molar-refractivity contribution in [1.29, 1.82) is 0 Å². The highest BCUT2D eigenvalue weighted by Gasteiger charge is 2.26. The molecule has 2 aromatic carbocycles. The third kappa shape index (κ3) is 3.51. The lowest BCUT2D eigenvalue weighted by molar-refractivity contribution is -0.151. The van der Waals surface area contributed by atoms with Gasteiger partial charge in [-0.3, -0.25) is 0 Å². The summed E-state index contributed by atoms with van der Waals surface area (Å²) < 4.78 is 4.48. The van der Waals surface area contributed by atoms with Crippen molar-refractivity contribution in [2.24, 2.45) is 5.11 Å². The van der Waals surface area contributed by atoms with Crippen LogP contribution < -0.4 is 0 Å². The SMILES string of the molecule is COC(=O)C(O)[C@@H](Cc1ccc2ccccc2c1)N=[N+]=[N-]. The standard InChI is InChI=1S/C15H15N3O3/c1-21-15(20)14(19)13(17-18-16)9-10-6-7-11-4-2-3-5-12(11)8-10/h2-8,13-14,19H,9H2,1H3/t13-,14?/m1/s1. The van der Waals surface area contributed by atoms with Crippen LogP contribution in [0.15, 0.2) is 47.6 Å². The van der Waals surface area contributed by atoms with E-state index in [0.29, 0.717) is 0 Å². The molecule has 0 aliphatic heterocycles. The van der Waals surface area contributed by atoms with Gasteiger partial charge in [-0.15, -0.1) is 0 Å². The van der Waals surface area contributed by atoms with Crippen LogP contribution in [0.1, 0.15) is 5.56 Å². The number of hydrogen-bond donors (Lipinski definition) is 1. The van der Waals surface area contributed by atoms with Gasteiger partial charge in [-0.25, -0.2) is 4.79 Å². The van der Waals surface area contributed by atoms with Crippen LogP contribution in [0.3, 0.4) is 0 Å². The summed E-state index contributed by atoms with van der Waals surface area (Å²) >= 11 is 0. The maximum absolute atomic E-state index is 11.4. The number of hydrogen-bond acceptors (Lipinski definition) is 4.